The van der Waals surface area contributed by atoms with Crippen molar-refractivity contribution in [2.75, 3.05) is 13.6 Å². The first kappa shape index (κ1) is 14.5. The summed E-state index contributed by atoms with van der Waals surface area (Å²) in [7, 11) is 2.17. The molecule has 1 aliphatic rings. The molecule has 0 saturated carbocycles. The number of benzene rings is 1. The summed E-state index contributed by atoms with van der Waals surface area (Å²) in [5.41, 5.74) is 0.914. The monoisotopic (exact) mass is 278 g/mol. The van der Waals surface area contributed by atoms with Crippen LogP contribution in [0.1, 0.15) is 20.3 Å². The van der Waals surface area contributed by atoms with E-state index in [0.29, 0.717) is 12.0 Å². The summed E-state index contributed by atoms with van der Waals surface area (Å²) in [5.74, 6) is 0.519. The molecule has 0 spiro atoms. The first-order valence-electron chi connectivity index (χ1n) is 6.78. The van der Waals surface area contributed by atoms with Crippen LogP contribution in [0.15, 0.2) is 29.4 Å². The van der Waals surface area contributed by atoms with Crippen molar-refractivity contribution in [1.82, 2.24) is 0 Å². The molecular weight excluding hydrogens is 258 g/mol. The molecule has 3 atom stereocenters. The minimum atomic E-state index is -0.458. The molecule has 1 saturated heterocycles. The van der Waals surface area contributed by atoms with Crippen LogP contribution in [0.4, 0.5) is 5.69 Å². The number of para-hydroxylation sites is 2. The lowest BCUT2D eigenvalue weighted by molar-refractivity contribution is -0.908. The van der Waals surface area contributed by atoms with Gasteiger partial charge >= 0.3 is 5.69 Å². The lowest BCUT2D eigenvalue weighted by Crippen LogP contribution is -3.14. The Morgan fingerprint density at radius 1 is 1.40 bits per heavy atom. The number of hydrogen-bond donors (Lipinski definition) is 1. The second-order valence-corrected chi connectivity index (χ2v) is 5.46. The molecule has 1 fully saturated rings. The van der Waals surface area contributed by atoms with E-state index in [1.807, 2.05) is 0 Å². The van der Waals surface area contributed by atoms with Crippen molar-refractivity contribution < 1.29 is 14.7 Å². The molecule has 2 rings (SSSR count). The summed E-state index contributed by atoms with van der Waals surface area (Å²) in [6.07, 6.45) is 0.855. The van der Waals surface area contributed by atoms with Gasteiger partial charge in [-0.15, -0.1) is 0 Å². The third-order valence-electron chi connectivity index (χ3n) is 3.88. The van der Waals surface area contributed by atoms with Gasteiger partial charge in [-0.25, -0.2) is 0 Å². The number of rotatable bonds is 3. The van der Waals surface area contributed by atoms with E-state index in [-0.39, 0.29) is 11.4 Å². The van der Waals surface area contributed by atoms with Crippen molar-refractivity contribution in [3.63, 3.8) is 0 Å². The van der Waals surface area contributed by atoms with Crippen molar-refractivity contribution >= 4 is 11.4 Å². The standard InChI is InChI=1S/C14H19N3O3/c1-10-9-16(3)11(2)8-12(10)15-20-14-7-5-4-6-13(14)17(18)19/h4-7,10-11H,8-9H2,1-3H3/p+1/b15-12-/t10-,11-/m0/s1. The highest BCUT2D eigenvalue weighted by Gasteiger charge is 2.29. The van der Waals surface area contributed by atoms with Gasteiger partial charge < -0.3 is 9.74 Å². The highest BCUT2D eigenvalue weighted by Crippen LogP contribution is 2.26. The van der Waals surface area contributed by atoms with E-state index in [9.17, 15) is 10.1 Å². The van der Waals surface area contributed by atoms with Crippen LogP contribution in [0.25, 0.3) is 0 Å². The molecule has 6 nitrogen and oxygen atoms in total. The molecule has 0 amide bonds. The normalized spacial score (nSPS) is 28.4. The maximum absolute atomic E-state index is 10.9. The van der Waals surface area contributed by atoms with Crippen molar-refractivity contribution in [3.8, 4) is 5.75 Å². The predicted molar refractivity (Wildman–Crippen MR) is 76.2 cm³/mol. The Morgan fingerprint density at radius 3 is 2.80 bits per heavy atom. The number of nitrogens with zero attached hydrogens (tertiary/aromatic N) is 2. The molecule has 1 aromatic rings. The van der Waals surface area contributed by atoms with Crippen LogP contribution in [0.2, 0.25) is 0 Å². The van der Waals surface area contributed by atoms with Crippen molar-refractivity contribution in [2.45, 2.75) is 26.3 Å². The molecule has 1 aliphatic heterocycles. The number of likely N-dealkylation sites (tertiary alicyclic amines) is 1. The zero-order valence-electron chi connectivity index (χ0n) is 12.0. The Morgan fingerprint density at radius 2 is 2.10 bits per heavy atom. The van der Waals surface area contributed by atoms with Crippen LogP contribution < -0.4 is 9.74 Å². The zero-order valence-corrected chi connectivity index (χ0v) is 12.0. The number of oxime groups is 1. The van der Waals surface area contributed by atoms with E-state index >= 15 is 0 Å². The van der Waals surface area contributed by atoms with Crippen molar-refractivity contribution in [3.05, 3.63) is 34.4 Å². The number of quaternary nitrogens is 1. The van der Waals surface area contributed by atoms with Gasteiger partial charge in [0, 0.05) is 18.4 Å². The number of hydrogen-bond acceptors (Lipinski definition) is 4. The van der Waals surface area contributed by atoms with Crippen LogP contribution in [0, 0.1) is 16.0 Å². The predicted octanol–water partition coefficient (Wildman–Crippen LogP) is 1.27. The maximum Gasteiger partial charge on any atom is 0.314 e. The van der Waals surface area contributed by atoms with Crippen LogP contribution in [0.3, 0.4) is 0 Å². The number of nitro benzene ring substituents is 1. The van der Waals surface area contributed by atoms with Gasteiger partial charge in [-0.2, -0.15) is 0 Å². The van der Waals surface area contributed by atoms with Crippen LogP contribution in [-0.2, 0) is 0 Å². The lowest BCUT2D eigenvalue weighted by atomic mass is 9.93. The average Bonchev–Trinajstić information content (AvgIpc) is 2.41. The maximum atomic E-state index is 10.9. The number of nitro groups is 1. The van der Waals surface area contributed by atoms with Crippen LogP contribution in [-0.4, -0.2) is 30.3 Å². The van der Waals surface area contributed by atoms with Crippen molar-refractivity contribution in [2.24, 2.45) is 11.1 Å². The smallest absolute Gasteiger partial charge is 0.314 e. The summed E-state index contributed by atoms with van der Waals surface area (Å²) in [6, 6.07) is 6.78. The molecule has 0 aliphatic carbocycles. The fourth-order valence-corrected chi connectivity index (χ4v) is 2.41. The molecule has 0 radical (unpaired) electrons. The van der Waals surface area contributed by atoms with E-state index in [4.69, 9.17) is 4.84 Å². The van der Waals surface area contributed by atoms with Gasteiger partial charge in [0.15, 0.2) is 0 Å². The van der Waals surface area contributed by atoms with E-state index in [1.54, 1.807) is 18.2 Å². The summed E-state index contributed by atoms with van der Waals surface area (Å²) in [6.45, 7) is 5.28. The molecule has 1 unspecified atom stereocenters. The molecule has 1 heterocycles. The Hall–Kier alpha value is -1.95. The third kappa shape index (κ3) is 3.14. The fraction of sp³-hybridized carbons (Fsp3) is 0.500. The second kappa shape index (κ2) is 6.00. The average molecular weight is 278 g/mol. The van der Waals surface area contributed by atoms with Gasteiger partial charge in [-0.1, -0.05) is 24.2 Å². The molecule has 108 valence electrons. The molecule has 0 bridgehead atoms. The third-order valence-corrected chi connectivity index (χ3v) is 3.88. The van der Waals surface area contributed by atoms with Crippen molar-refractivity contribution in [1.29, 1.82) is 0 Å². The minimum Gasteiger partial charge on any atom is -0.350 e. The summed E-state index contributed by atoms with van der Waals surface area (Å²) >= 11 is 0. The van der Waals surface area contributed by atoms with Gasteiger partial charge in [0.1, 0.15) is 0 Å². The van der Waals surface area contributed by atoms with E-state index in [1.165, 1.54) is 11.0 Å². The van der Waals surface area contributed by atoms with Gasteiger partial charge in [0.05, 0.1) is 30.3 Å². The topological polar surface area (TPSA) is 69.2 Å². The molecule has 1 N–H and O–H groups in total. The number of nitrogens with one attached hydrogen (secondary N) is 1. The van der Waals surface area contributed by atoms with Gasteiger partial charge in [-0.05, 0) is 13.0 Å². The summed E-state index contributed by atoms with van der Waals surface area (Å²) in [5, 5.41) is 15.1. The molecule has 20 heavy (non-hydrogen) atoms. The number of piperidine rings is 1. The first-order valence-corrected chi connectivity index (χ1v) is 6.78. The minimum absolute atomic E-state index is 0.0592. The fourth-order valence-electron chi connectivity index (χ4n) is 2.41. The largest absolute Gasteiger partial charge is 0.350 e. The lowest BCUT2D eigenvalue weighted by Gasteiger charge is -2.31. The van der Waals surface area contributed by atoms with E-state index < -0.39 is 4.92 Å². The quantitative estimate of drug-likeness (QED) is 0.668. The SMILES string of the molecule is C[C@H]1C[NH+](C)[C@@H](C)C/C1=N/Oc1ccccc1[N+](=O)[O-]. The Bertz CT molecular complexity index is 530. The van der Waals surface area contributed by atoms with Gasteiger partial charge in [-0.3, -0.25) is 10.1 Å². The molecule has 0 aromatic heterocycles. The Labute approximate surface area is 118 Å². The second-order valence-electron chi connectivity index (χ2n) is 5.46. The van der Waals surface area contributed by atoms with Crippen LogP contribution in [0.5, 0.6) is 5.75 Å². The van der Waals surface area contributed by atoms with Gasteiger partial charge in [0.2, 0.25) is 5.75 Å². The first-order chi connectivity index (χ1) is 9.49. The summed E-state index contributed by atoms with van der Waals surface area (Å²) in [4.78, 5) is 17.3. The van der Waals surface area contributed by atoms with Gasteiger partial charge in [0.25, 0.3) is 0 Å². The van der Waals surface area contributed by atoms with Crippen LogP contribution >= 0.6 is 0 Å². The Kier molecular flexibility index (Phi) is 4.34. The van der Waals surface area contributed by atoms with E-state index in [0.717, 1.165) is 18.7 Å². The Balaban J connectivity index is 2.15. The molecule has 1 aromatic carbocycles. The molecular formula is C14H20N3O3+. The zero-order chi connectivity index (χ0) is 14.7. The highest BCUT2D eigenvalue weighted by molar-refractivity contribution is 5.87. The molecule has 6 heteroatoms. The summed E-state index contributed by atoms with van der Waals surface area (Å²) < 4.78 is 0. The van der Waals surface area contributed by atoms with E-state index in [2.05, 4.69) is 26.1 Å². The highest BCUT2D eigenvalue weighted by atomic mass is 16.6.